The monoisotopic (exact) mass is 272 g/mol. The first-order chi connectivity index (χ1) is 8.08. The van der Waals surface area contributed by atoms with Gasteiger partial charge >= 0.3 is 0 Å². The van der Waals surface area contributed by atoms with Gasteiger partial charge in [0.05, 0.1) is 6.04 Å². The first kappa shape index (κ1) is 12.7. The molecule has 0 aliphatic carbocycles. The second-order valence-corrected chi connectivity index (χ2v) is 5.02. The van der Waals surface area contributed by atoms with Gasteiger partial charge in [-0.1, -0.05) is 29.3 Å². The van der Waals surface area contributed by atoms with Gasteiger partial charge < -0.3 is 5.32 Å². The molecule has 92 valence electrons. The molecule has 1 aromatic rings. The number of hydrogen-bond donors (Lipinski definition) is 1. The van der Waals surface area contributed by atoms with Crippen LogP contribution in [0.4, 0.5) is 0 Å². The molecule has 0 aromatic heterocycles. The molecule has 1 aliphatic heterocycles. The van der Waals surface area contributed by atoms with E-state index in [9.17, 15) is 4.79 Å². The summed E-state index contributed by atoms with van der Waals surface area (Å²) < 4.78 is 0. The Bertz CT molecular complexity index is 437. The van der Waals surface area contributed by atoms with Crippen LogP contribution in [0.2, 0.25) is 10.0 Å². The van der Waals surface area contributed by atoms with E-state index in [1.54, 1.807) is 6.07 Å². The standard InChI is InChI=1S/C12H14Cl2N2O/c1-8-12(17)15-4-5-16(8)7-9-2-3-10(13)6-11(9)14/h2-3,6,8H,4-5,7H2,1H3,(H,15,17)/t8-/m0/s1. The predicted octanol–water partition coefficient (Wildman–Crippen LogP) is 2.31. The minimum absolute atomic E-state index is 0.0707. The SMILES string of the molecule is C[C@H]1C(=O)NCCN1Cc1ccc(Cl)cc1Cl. The molecule has 0 unspecified atom stereocenters. The predicted molar refractivity (Wildman–Crippen MR) is 69.3 cm³/mol. The highest BCUT2D eigenvalue weighted by Crippen LogP contribution is 2.23. The van der Waals surface area contributed by atoms with E-state index < -0.39 is 0 Å². The van der Waals surface area contributed by atoms with E-state index in [2.05, 4.69) is 10.2 Å². The molecule has 1 fully saturated rings. The van der Waals surface area contributed by atoms with Gasteiger partial charge in [-0.05, 0) is 24.6 Å². The Morgan fingerprint density at radius 2 is 2.24 bits per heavy atom. The molecule has 0 spiro atoms. The number of benzene rings is 1. The largest absolute Gasteiger partial charge is 0.353 e. The Morgan fingerprint density at radius 3 is 2.94 bits per heavy atom. The molecule has 1 saturated heterocycles. The normalized spacial score (nSPS) is 21.4. The van der Waals surface area contributed by atoms with Crippen LogP contribution < -0.4 is 5.32 Å². The lowest BCUT2D eigenvalue weighted by atomic mass is 10.1. The fourth-order valence-electron chi connectivity index (χ4n) is 1.91. The highest BCUT2D eigenvalue weighted by molar-refractivity contribution is 6.35. The fraction of sp³-hybridized carbons (Fsp3) is 0.417. The Kier molecular flexibility index (Phi) is 3.92. The molecule has 3 nitrogen and oxygen atoms in total. The molecular weight excluding hydrogens is 259 g/mol. The van der Waals surface area contributed by atoms with Crippen molar-refractivity contribution < 1.29 is 4.79 Å². The van der Waals surface area contributed by atoms with Crippen LogP contribution in [-0.2, 0) is 11.3 Å². The summed E-state index contributed by atoms with van der Waals surface area (Å²) in [6, 6.07) is 5.34. The van der Waals surface area contributed by atoms with Gasteiger partial charge in [0.1, 0.15) is 0 Å². The lowest BCUT2D eigenvalue weighted by Gasteiger charge is -2.32. The number of amides is 1. The number of nitrogens with one attached hydrogen (secondary N) is 1. The van der Waals surface area contributed by atoms with Gasteiger partial charge in [0.15, 0.2) is 0 Å². The average molecular weight is 273 g/mol. The van der Waals surface area contributed by atoms with Crippen molar-refractivity contribution in [3.05, 3.63) is 33.8 Å². The number of carbonyl (C=O) groups excluding carboxylic acids is 1. The Morgan fingerprint density at radius 1 is 1.47 bits per heavy atom. The summed E-state index contributed by atoms with van der Waals surface area (Å²) in [5, 5.41) is 4.11. The Hall–Kier alpha value is -0.770. The van der Waals surface area contributed by atoms with Crippen LogP contribution in [0.3, 0.4) is 0 Å². The van der Waals surface area contributed by atoms with Crippen LogP contribution in [0, 0.1) is 0 Å². The van der Waals surface area contributed by atoms with Crippen molar-refractivity contribution in [3.63, 3.8) is 0 Å². The molecular formula is C12H14Cl2N2O. The van der Waals surface area contributed by atoms with E-state index in [-0.39, 0.29) is 11.9 Å². The van der Waals surface area contributed by atoms with E-state index in [1.165, 1.54) is 0 Å². The highest BCUT2D eigenvalue weighted by atomic mass is 35.5. The lowest BCUT2D eigenvalue weighted by Crippen LogP contribution is -2.53. The second-order valence-electron chi connectivity index (χ2n) is 4.17. The summed E-state index contributed by atoms with van der Waals surface area (Å²) >= 11 is 12.0. The quantitative estimate of drug-likeness (QED) is 0.896. The summed E-state index contributed by atoms with van der Waals surface area (Å²) in [6.45, 7) is 4.10. The van der Waals surface area contributed by atoms with E-state index in [1.807, 2.05) is 19.1 Å². The highest BCUT2D eigenvalue weighted by Gasteiger charge is 2.25. The maximum absolute atomic E-state index is 11.5. The second kappa shape index (κ2) is 5.25. The summed E-state index contributed by atoms with van der Waals surface area (Å²) in [6.07, 6.45) is 0. The third-order valence-corrected chi connectivity index (χ3v) is 3.60. The van der Waals surface area contributed by atoms with E-state index >= 15 is 0 Å². The van der Waals surface area contributed by atoms with Crippen molar-refractivity contribution in [2.24, 2.45) is 0 Å². The van der Waals surface area contributed by atoms with E-state index in [0.29, 0.717) is 23.1 Å². The Labute approximate surface area is 111 Å². The van der Waals surface area contributed by atoms with Gasteiger partial charge in [-0.3, -0.25) is 9.69 Å². The summed E-state index contributed by atoms with van der Waals surface area (Å²) in [4.78, 5) is 13.6. The van der Waals surface area contributed by atoms with Crippen LogP contribution in [0.1, 0.15) is 12.5 Å². The zero-order chi connectivity index (χ0) is 12.4. The van der Waals surface area contributed by atoms with Gasteiger partial charge in [0.2, 0.25) is 5.91 Å². The van der Waals surface area contributed by atoms with Gasteiger partial charge in [0.25, 0.3) is 0 Å². The molecule has 1 aromatic carbocycles. The summed E-state index contributed by atoms with van der Waals surface area (Å²) in [7, 11) is 0. The van der Waals surface area contributed by atoms with Crippen LogP contribution in [0.25, 0.3) is 0 Å². The summed E-state index contributed by atoms with van der Waals surface area (Å²) in [5.74, 6) is 0.0707. The molecule has 1 atom stereocenters. The number of hydrogen-bond acceptors (Lipinski definition) is 2. The molecule has 0 radical (unpaired) electrons. The van der Waals surface area contributed by atoms with Gasteiger partial charge in [0, 0.05) is 29.7 Å². The van der Waals surface area contributed by atoms with Crippen molar-refractivity contribution in [1.29, 1.82) is 0 Å². The number of carbonyl (C=O) groups is 1. The molecule has 1 aliphatic rings. The Balaban J connectivity index is 2.12. The molecule has 1 N–H and O–H groups in total. The molecule has 1 amide bonds. The number of piperazine rings is 1. The molecule has 0 saturated carbocycles. The first-order valence-corrected chi connectivity index (χ1v) is 6.29. The zero-order valence-corrected chi connectivity index (χ0v) is 11.1. The van der Waals surface area contributed by atoms with E-state index in [0.717, 1.165) is 12.1 Å². The van der Waals surface area contributed by atoms with Gasteiger partial charge in [-0.2, -0.15) is 0 Å². The van der Waals surface area contributed by atoms with Gasteiger partial charge in [-0.25, -0.2) is 0 Å². The van der Waals surface area contributed by atoms with E-state index in [4.69, 9.17) is 23.2 Å². The summed E-state index contributed by atoms with van der Waals surface area (Å²) in [5.41, 5.74) is 0.998. The average Bonchev–Trinajstić information content (AvgIpc) is 2.28. The number of nitrogens with zero attached hydrogens (tertiary/aromatic N) is 1. The third-order valence-electron chi connectivity index (χ3n) is 3.01. The molecule has 0 bridgehead atoms. The topological polar surface area (TPSA) is 32.3 Å². The first-order valence-electron chi connectivity index (χ1n) is 5.53. The van der Waals surface area contributed by atoms with Gasteiger partial charge in [-0.15, -0.1) is 0 Å². The third kappa shape index (κ3) is 2.92. The van der Waals surface area contributed by atoms with Crippen molar-refractivity contribution >= 4 is 29.1 Å². The van der Waals surface area contributed by atoms with Crippen molar-refractivity contribution in [2.45, 2.75) is 19.5 Å². The van der Waals surface area contributed by atoms with Crippen molar-refractivity contribution in [2.75, 3.05) is 13.1 Å². The van der Waals surface area contributed by atoms with Crippen molar-refractivity contribution in [3.8, 4) is 0 Å². The maximum Gasteiger partial charge on any atom is 0.237 e. The number of rotatable bonds is 2. The fourth-order valence-corrected chi connectivity index (χ4v) is 2.38. The van der Waals surface area contributed by atoms with Crippen LogP contribution in [-0.4, -0.2) is 29.9 Å². The molecule has 17 heavy (non-hydrogen) atoms. The van der Waals surface area contributed by atoms with Crippen LogP contribution >= 0.6 is 23.2 Å². The minimum atomic E-state index is -0.115. The van der Waals surface area contributed by atoms with Crippen LogP contribution in [0.5, 0.6) is 0 Å². The van der Waals surface area contributed by atoms with Crippen LogP contribution in [0.15, 0.2) is 18.2 Å². The lowest BCUT2D eigenvalue weighted by molar-refractivity contribution is -0.128. The molecule has 2 rings (SSSR count). The zero-order valence-electron chi connectivity index (χ0n) is 9.54. The molecule has 5 heteroatoms. The minimum Gasteiger partial charge on any atom is -0.353 e. The number of halogens is 2. The molecule has 1 heterocycles. The smallest absolute Gasteiger partial charge is 0.237 e. The maximum atomic E-state index is 11.5. The van der Waals surface area contributed by atoms with Crippen molar-refractivity contribution in [1.82, 2.24) is 10.2 Å².